The summed E-state index contributed by atoms with van der Waals surface area (Å²) in [7, 11) is -2.92. The molecule has 1 saturated heterocycles. The van der Waals surface area contributed by atoms with Crippen molar-refractivity contribution in [2.24, 2.45) is 0 Å². The quantitative estimate of drug-likeness (QED) is 0.825. The van der Waals surface area contributed by atoms with Gasteiger partial charge in [-0.25, -0.2) is 13.4 Å². The van der Waals surface area contributed by atoms with Crippen LogP contribution >= 0.6 is 0 Å². The Balaban J connectivity index is 2.28. The van der Waals surface area contributed by atoms with E-state index in [1.165, 1.54) is 0 Å². The molecule has 0 bridgehead atoms. The monoisotopic (exact) mass is 257 g/mol. The van der Waals surface area contributed by atoms with Crippen LogP contribution in [0.3, 0.4) is 0 Å². The lowest BCUT2D eigenvalue weighted by Crippen LogP contribution is -2.39. The summed E-state index contributed by atoms with van der Waals surface area (Å²) >= 11 is 0. The second kappa shape index (κ2) is 4.42. The van der Waals surface area contributed by atoms with Gasteiger partial charge in [0.1, 0.15) is 5.82 Å². The number of nitrogens with one attached hydrogen (secondary N) is 2. The molecule has 1 aromatic rings. The molecule has 1 aromatic heterocycles. The smallest absolute Gasteiger partial charge is 0.153 e. The van der Waals surface area contributed by atoms with Crippen molar-refractivity contribution < 1.29 is 8.42 Å². The second-order valence-electron chi connectivity index (χ2n) is 4.91. The molecular weight excluding hydrogens is 238 g/mol. The minimum atomic E-state index is -2.92. The van der Waals surface area contributed by atoms with Crippen molar-refractivity contribution in [1.29, 1.82) is 0 Å². The molecule has 1 aliphatic rings. The van der Waals surface area contributed by atoms with Crippen molar-refractivity contribution in [3.8, 4) is 0 Å². The third-order valence-corrected chi connectivity index (χ3v) is 4.71. The predicted octanol–water partition coefficient (Wildman–Crippen LogP) is 0.901. The molecule has 17 heavy (non-hydrogen) atoms. The molecule has 0 aromatic carbocycles. The summed E-state index contributed by atoms with van der Waals surface area (Å²) in [4.78, 5) is 7.74. The van der Waals surface area contributed by atoms with Crippen LogP contribution in [0.1, 0.15) is 43.0 Å². The first-order valence-electron chi connectivity index (χ1n) is 5.89. The van der Waals surface area contributed by atoms with Crippen LogP contribution in [0, 0.1) is 6.92 Å². The van der Waals surface area contributed by atoms with Gasteiger partial charge in [-0.3, -0.25) is 0 Å². The van der Waals surface area contributed by atoms with E-state index >= 15 is 0 Å². The number of nitrogens with zero attached hydrogens (tertiary/aromatic N) is 1. The fourth-order valence-electron chi connectivity index (χ4n) is 2.07. The van der Waals surface area contributed by atoms with Gasteiger partial charge in [0.25, 0.3) is 0 Å². The molecule has 5 nitrogen and oxygen atoms in total. The average molecular weight is 257 g/mol. The Kier molecular flexibility index (Phi) is 3.27. The zero-order valence-corrected chi connectivity index (χ0v) is 11.3. The standard InChI is InChI=1S/C11H19N3O2S/c1-7(2)11-13-8(3)10(14-11)9-6-17(15,16)5-4-12-9/h7,9,12H,4-6H2,1-3H3,(H,13,14). The minimum absolute atomic E-state index is 0.149. The molecule has 96 valence electrons. The maximum absolute atomic E-state index is 11.6. The summed E-state index contributed by atoms with van der Waals surface area (Å²) in [6, 6.07) is -0.169. The van der Waals surface area contributed by atoms with Gasteiger partial charge in [-0.15, -0.1) is 0 Å². The fraction of sp³-hybridized carbons (Fsp3) is 0.727. The molecule has 2 rings (SSSR count). The largest absolute Gasteiger partial charge is 0.346 e. The number of aromatic nitrogens is 2. The van der Waals surface area contributed by atoms with Gasteiger partial charge in [0, 0.05) is 18.2 Å². The molecule has 1 fully saturated rings. The van der Waals surface area contributed by atoms with Crippen LogP contribution in [-0.4, -0.2) is 36.4 Å². The number of aryl methyl sites for hydroxylation is 1. The highest BCUT2D eigenvalue weighted by Gasteiger charge is 2.28. The van der Waals surface area contributed by atoms with Crippen molar-refractivity contribution >= 4 is 9.84 Å². The summed E-state index contributed by atoms with van der Waals surface area (Å²) in [5.41, 5.74) is 1.81. The van der Waals surface area contributed by atoms with Gasteiger partial charge in [0.2, 0.25) is 0 Å². The first kappa shape index (κ1) is 12.6. The maximum atomic E-state index is 11.6. The van der Waals surface area contributed by atoms with E-state index in [2.05, 4.69) is 29.1 Å². The van der Waals surface area contributed by atoms with Crippen LogP contribution in [-0.2, 0) is 9.84 Å². The van der Waals surface area contributed by atoms with E-state index in [1.807, 2.05) is 6.92 Å². The van der Waals surface area contributed by atoms with Crippen LogP contribution in [0.2, 0.25) is 0 Å². The van der Waals surface area contributed by atoms with Crippen LogP contribution in [0.15, 0.2) is 0 Å². The summed E-state index contributed by atoms with van der Waals surface area (Å²) in [6.45, 7) is 6.58. The van der Waals surface area contributed by atoms with E-state index in [0.717, 1.165) is 17.2 Å². The van der Waals surface area contributed by atoms with E-state index < -0.39 is 9.84 Å². The van der Waals surface area contributed by atoms with Gasteiger partial charge in [-0.2, -0.15) is 0 Å². The normalized spacial score (nSPS) is 24.1. The van der Waals surface area contributed by atoms with Gasteiger partial charge >= 0.3 is 0 Å². The topological polar surface area (TPSA) is 74.8 Å². The molecule has 0 amide bonds. The van der Waals surface area contributed by atoms with Crippen LogP contribution < -0.4 is 5.32 Å². The summed E-state index contributed by atoms with van der Waals surface area (Å²) in [5, 5.41) is 3.22. The number of rotatable bonds is 2. The Morgan fingerprint density at radius 2 is 2.12 bits per heavy atom. The molecule has 1 unspecified atom stereocenters. The first-order valence-corrected chi connectivity index (χ1v) is 7.71. The maximum Gasteiger partial charge on any atom is 0.153 e. The van der Waals surface area contributed by atoms with E-state index in [1.54, 1.807) is 0 Å². The van der Waals surface area contributed by atoms with Crippen LogP contribution in [0.25, 0.3) is 0 Å². The van der Waals surface area contributed by atoms with E-state index in [-0.39, 0.29) is 17.5 Å². The zero-order chi connectivity index (χ0) is 12.6. The molecule has 0 aliphatic carbocycles. The third-order valence-electron chi connectivity index (χ3n) is 3.04. The first-order chi connectivity index (χ1) is 7.89. The predicted molar refractivity (Wildman–Crippen MR) is 66.8 cm³/mol. The molecule has 0 saturated carbocycles. The highest BCUT2D eigenvalue weighted by molar-refractivity contribution is 7.91. The van der Waals surface area contributed by atoms with Gasteiger partial charge in [-0.1, -0.05) is 13.8 Å². The average Bonchev–Trinajstić information content (AvgIpc) is 2.59. The molecule has 0 radical (unpaired) electrons. The number of hydrogen-bond acceptors (Lipinski definition) is 4. The molecule has 0 spiro atoms. The van der Waals surface area contributed by atoms with E-state index in [4.69, 9.17) is 0 Å². The number of aromatic amines is 1. The van der Waals surface area contributed by atoms with Crippen LogP contribution in [0.4, 0.5) is 0 Å². The van der Waals surface area contributed by atoms with Crippen LogP contribution in [0.5, 0.6) is 0 Å². The molecule has 2 N–H and O–H groups in total. The molecule has 1 aliphatic heterocycles. The SMILES string of the molecule is Cc1[nH]c(C(C)C)nc1C1CS(=O)(=O)CCN1. The Labute approximate surface area is 102 Å². The second-order valence-corrected chi connectivity index (χ2v) is 7.14. The van der Waals surface area contributed by atoms with Crippen molar-refractivity contribution in [3.05, 3.63) is 17.2 Å². The Morgan fingerprint density at radius 1 is 1.41 bits per heavy atom. The molecule has 6 heteroatoms. The highest BCUT2D eigenvalue weighted by atomic mass is 32.2. The minimum Gasteiger partial charge on any atom is -0.346 e. The zero-order valence-electron chi connectivity index (χ0n) is 10.4. The van der Waals surface area contributed by atoms with Gasteiger partial charge in [0.05, 0.1) is 23.2 Å². The number of imidazole rings is 1. The van der Waals surface area contributed by atoms with E-state index in [0.29, 0.717) is 12.5 Å². The van der Waals surface area contributed by atoms with Crippen molar-refractivity contribution in [2.75, 3.05) is 18.1 Å². The van der Waals surface area contributed by atoms with Gasteiger partial charge in [0.15, 0.2) is 9.84 Å². The van der Waals surface area contributed by atoms with Crippen molar-refractivity contribution in [1.82, 2.24) is 15.3 Å². The molecule has 2 heterocycles. The Hall–Kier alpha value is -0.880. The van der Waals surface area contributed by atoms with Gasteiger partial charge < -0.3 is 10.3 Å². The molecular formula is C11H19N3O2S. The third kappa shape index (κ3) is 2.69. The lowest BCUT2D eigenvalue weighted by Gasteiger charge is -2.22. The summed E-state index contributed by atoms with van der Waals surface area (Å²) in [6.07, 6.45) is 0. The Morgan fingerprint density at radius 3 is 2.65 bits per heavy atom. The van der Waals surface area contributed by atoms with Crippen molar-refractivity contribution in [3.63, 3.8) is 0 Å². The van der Waals surface area contributed by atoms with Crippen molar-refractivity contribution in [2.45, 2.75) is 32.7 Å². The fourth-order valence-corrected chi connectivity index (χ4v) is 3.45. The lowest BCUT2D eigenvalue weighted by atomic mass is 10.2. The number of H-pyrrole nitrogens is 1. The van der Waals surface area contributed by atoms with E-state index in [9.17, 15) is 8.42 Å². The summed E-state index contributed by atoms with van der Waals surface area (Å²) < 4.78 is 23.2. The number of sulfone groups is 1. The molecule has 1 atom stereocenters. The Bertz CT molecular complexity index is 505. The highest BCUT2D eigenvalue weighted by Crippen LogP contribution is 2.22. The summed E-state index contributed by atoms with van der Waals surface area (Å²) in [5.74, 6) is 1.62. The van der Waals surface area contributed by atoms with Gasteiger partial charge in [-0.05, 0) is 6.92 Å². The lowest BCUT2D eigenvalue weighted by molar-refractivity contribution is 0.523. The number of hydrogen-bond donors (Lipinski definition) is 2.